The molecule has 0 aromatic heterocycles. The Morgan fingerprint density at radius 2 is 2.00 bits per heavy atom. The largest absolute Gasteiger partial charge is 0.316 e. The molecule has 0 radical (unpaired) electrons. The molecule has 78 valence electrons. The zero-order chi connectivity index (χ0) is 10.1. The monoisotopic (exact) mass is 183 g/mol. The van der Waals surface area contributed by atoms with Crippen molar-refractivity contribution in [1.82, 2.24) is 5.32 Å². The van der Waals surface area contributed by atoms with E-state index in [0.717, 1.165) is 17.9 Å². The summed E-state index contributed by atoms with van der Waals surface area (Å²) in [6.07, 6.45) is 4.08. The molecule has 0 aliphatic heterocycles. The van der Waals surface area contributed by atoms with E-state index in [4.69, 9.17) is 0 Å². The molecule has 0 spiro atoms. The first-order chi connectivity index (χ1) is 6.03. The predicted molar refractivity (Wildman–Crippen MR) is 58.8 cm³/mol. The number of rotatable bonds is 5. The summed E-state index contributed by atoms with van der Waals surface area (Å²) in [5.41, 5.74) is 0.607. The summed E-state index contributed by atoms with van der Waals surface area (Å²) >= 11 is 0. The highest BCUT2D eigenvalue weighted by atomic mass is 14.9. The summed E-state index contributed by atoms with van der Waals surface area (Å²) in [6, 6.07) is 0.745. The smallest absolute Gasteiger partial charge is 0.0123 e. The van der Waals surface area contributed by atoms with Crippen LogP contribution in [0.25, 0.3) is 0 Å². The zero-order valence-electron chi connectivity index (χ0n) is 9.85. The first-order valence-corrected chi connectivity index (χ1v) is 5.70. The van der Waals surface area contributed by atoms with Gasteiger partial charge in [-0.05, 0) is 37.1 Å². The number of hydrogen-bond donors (Lipinski definition) is 1. The summed E-state index contributed by atoms with van der Waals surface area (Å²) in [5, 5.41) is 3.50. The van der Waals surface area contributed by atoms with E-state index in [9.17, 15) is 0 Å². The van der Waals surface area contributed by atoms with Crippen molar-refractivity contribution < 1.29 is 0 Å². The van der Waals surface area contributed by atoms with E-state index < -0.39 is 0 Å². The Hall–Kier alpha value is -0.0400. The van der Waals surface area contributed by atoms with Crippen molar-refractivity contribution >= 4 is 0 Å². The minimum absolute atomic E-state index is 0.607. The average molecular weight is 183 g/mol. The first-order valence-electron chi connectivity index (χ1n) is 5.70. The van der Waals surface area contributed by atoms with Crippen LogP contribution in [0.4, 0.5) is 0 Å². The Labute approximate surface area is 83.3 Å². The Balaban J connectivity index is 2.44. The third kappa shape index (κ3) is 2.46. The second kappa shape index (κ2) is 4.00. The van der Waals surface area contributed by atoms with Gasteiger partial charge in [-0.3, -0.25) is 0 Å². The van der Waals surface area contributed by atoms with Gasteiger partial charge in [0.2, 0.25) is 0 Å². The maximum atomic E-state index is 3.50. The molecule has 1 saturated carbocycles. The highest BCUT2D eigenvalue weighted by molar-refractivity contribution is 5.02. The molecule has 0 aromatic carbocycles. The van der Waals surface area contributed by atoms with Gasteiger partial charge in [0.05, 0.1) is 0 Å². The molecule has 0 aromatic rings. The quantitative estimate of drug-likeness (QED) is 0.691. The van der Waals surface area contributed by atoms with Crippen LogP contribution < -0.4 is 5.32 Å². The van der Waals surface area contributed by atoms with Gasteiger partial charge in [-0.1, -0.05) is 34.1 Å². The second-order valence-electron chi connectivity index (χ2n) is 5.38. The van der Waals surface area contributed by atoms with Gasteiger partial charge in [-0.25, -0.2) is 0 Å². The fraction of sp³-hybridized carbons (Fsp3) is 1.00. The van der Waals surface area contributed by atoms with E-state index in [-0.39, 0.29) is 0 Å². The lowest BCUT2D eigenvalue weighted by molar-refractivity contribution is 0.310. The fourth-order valence-electron chi connectivity index (χ4n) is 2.64. The molecule has 1 aliphatic carbocycles. The maximum absolute atomic E-state index is 3.50. The molecule has 1 nitrogen and oxygen atoms in total. The van der Waals surface area contributed by atoms with Gasteiger partial charge in [0.1, 0.15) is 0 Å². The minimum Gasteiger partial charge on any atom is -0.316 e. The van der Waals surface area contributed by atoms with Gasteiger partial charge in [-0.2, -0.15) is 0 Å². The van der Waals surface area contributed by atoms with Crippen molar-refractivity contribution in [2.75, 3.05) is 7.05 Å². The van der Waals surface area contributed by atoms with Crippen LogP contribution in [0, 0.1) is 17.3 Å². The Morgan fingerprint density at radius 1 is 1.46 bits per heavy atom. The van der Waals surface area contributed by atoms with Crippen LogP contribution in [-0.2, 0) is 0 Å². The van der Waals surface area contributed by atoms with Crippen molar-refractivity contribution in [2.24, 2.45) is 17.3 Å². The molecule has 3 atom stereocenters. The predicted octanol–water partition coefficient (Wildman–Crippen LogP) is 3.06. The lowest BCUT2D eigenvalue weighted by Crippen LogP contribution is -2.35. The molecular formula is C12H25N. The highest BCUT2D eigenvalue weighted by Crippen LogP contribution is 2.54. The van der Waals surface area contributed by atoms with Crippen LogP contribution in [0.3, 0.4) is 0 Å². The maximum Gasteiger partial charge on any atom is 0.0123 e. The molecule has 3 unspecified atom stereocenters. The average Bonchev–Trinajstić information content (AvgIpc) is 2.62. The van der Waals surface area contributed by atoms with Crippen molar-refractivity contribution in [3.63, 3.8) is 0 Å². The Kier molecular flexibility index (Phi) is 3.39. The number of nitrogens with one attached hydrogen (secondary N) is 1. The zero-order valence-corrected chi connectivity index (χ0v) is 9.85. The van der Waals surface area contributed by atoms with E-state index in [1.807, 2.05) is 0 Å². The van der Waals surface area contributed by atoms with Crippen molar-refractivity contribution in [2.45, 2.75) is 53.0 Å². The molecule has 1 aliphatic rings. The summed E-state index contributed by atoms with van der Waals surface area (Å²) in [6.45, 7) is 9.45. The molecule has 1 rings (SSSR count). The Morgan fingerprint density at radius 3 is 2.31 bits per heavy atom. The van der Waals surface area contributed by atoms with Gasteiger partial charge < -0.3 is 5.32 Å². The molecule has 1 heteroatoms. The normalized spacial score (nSPS) is 29.8. The molecule has 0 saturated heterocycles. The summed E-state index contributed by atoms with van der Waals surface area (Å²) < 4.78 is 0. The molecule has 0 heterocycles. The molecule has 0 amide bonds. The summed E-state index contributed by atoms with van der Waals surface area (Å²) in [5.74, 6) is 1.75. The molecule has 13 heavy (non-hydrogen) atoms. The van der Waals surface area contributed by atoms with Gasteiger partial charge in [-0.15, -0.1) is 0 Å². The van der Waals surface area contributed by atoms with E-state index in [0.29, 0.717) is 5.41 Å². The summed E-state index contributed by atoms with van der Waals surface area (Å²) in [4.78, 5) is 0. The van der Waals surface area contributed by atoms with Crippen LogP contribution in [-0.4, -0.2) is 13.1 Å². The van der Waals surface area contributed by atoms with Gasteiger partial charge in [0.15, 0.2) is 0 Å². The first kappa shape index (κ1) is 11.0. The highest BCUT2D eigenvalue weighted by Gasteiger charge is 2.50. The molecule has 1 fully saturated rings. The van der Waals surface area contributed by atoms with Gasteiger partial charge >= 0.3 is 0 Å². The molecule has 1 N–H and O–H groups in total. The Bertz CT molecular complexity index is 163. The standard InChI is InChI=1S/C12H25N/c1-6-7-9(2)11(13-5)10-8-12(10,3)4/h9-11,13H,6-8H2,1-5H3. The van der Waals surface area contributed by atoms with E-state index >= 15 is 0 Å². The van der Waals surface area contributed by atoms with Crippen LogP contribution in [0.15, 0.2) is 0 Å². The lowest BCUT2D eigenvalue weighted by atomic mass is 9.90. The second-order valence-corrected chi connectivity index (χ2v) is 5.38. The van der Waals surface area contributed by atoms with Crippen molar-refractivity contribution in [3.05, 3.63) is 0 Å². The molecule has 0 bridgehead atoms. The van der Waals surface area contributed by atoms with E-state index in [1.54, 1.807) is 0 Å². The van der Waals surface area contributed by atoms with Crippen molar-refractivity contribution in [3.8, 4) is 0 Å². The SMILES string of the molecule is CCCC(C)C(NC)C1CC1(C)C. The van der Waals surface area contributed by atoms with E-state index in [2.05, 4.69) is 40.1 Å². The van der Waals surface area contributed by atoms with Gasteiger partial charge in [0, 0.05) is 6.04 Å². The lowest BCUT2D eigenvalue weighted by Gasteiger charge is -2.24. The van der Waals surface area contributed by atoms with Crippen LogP contribution in [0.5, 0.6) is 0 Å². The van der Waals surface area contributed by atoms with Crippen molar-refractivity contribution in [1.29, 1.82) is 0 Å². The van der Waals surface area contributed by atoms with Gasteiger partial charge in [0.25, 0.3) is 0 Å². The molecular weight excluding hydrogens is 158 g/mol. The topological polar surface area (TPSA) is 12.0 Å². The number of hydrogen-bond acceptors (Lipinski definition) is 1. The van der Waals surface area contributed by atoms with Crippen LogP contribution >= 0.6 is 0 Å². The van der Waals surface area contributed by atoms with Crippen LogP contribution in [0.2, 0.25) is 0 Å². The van der Waals surface area contributed by atoms with E-state index in [1.165, 1.54) is 19.3 Å². The minimum atomic E-state index is 0.607. The third-order valence-corrected chi connectivity index (χ3v) is 3.71. The third-order valence-electron chi connectivity index (χ3n) is 3.71. The summed E-state index contributed by atoms with van der Waals surface area (Å²) in [7, 11) is 2.12. The van der Waals surface area contributed by atoms with Crippen LogP contribution in [0.1, 0.15) is 47.0 Å². The fourth-order valence-corrected chi connectivity index (χ4v) is 2.64.